The summed E-state index contributed by atoms with van der Waals surface area (Å²) in [5.41, 5.74) is 8.88. The highest BCUT2D eigenvalue weighted by Gasteiger charge is 2.22. The highest BCUT2D eigenvalue weighted by atomic mass is 16.2. The molecule has 0 fully saturated rings. The third-order valence-electron chi connectivity index (χ3n) is 3.60. The maximum atomic E-state index is 12.6. The number of amides is 1. The molecule has 1 amide bonds. The summed E-state index contributed by atoms with van der Waals surface area (Å²) in [7, 11) is 1.80. The van der Waals surface area contributed by atoms with Crippen LogP contribution in [-0.2, 0) is 13.0 Å². The van der Waals surface area contributed by atoms with Gasteiger partial charge < -0.3 is 10.6 Å². The van der Waals surface area contributed by atoms with Crippen LogP contribution in [0.15, 0.2) is 30.3 Å². The molecule has 0 bridgehead atoms. The van der Waals surface area contributed by atoms with Gasteiger partial charge >= 0.3 is 0 Å². The highest BCUT2D eigenvalue weighted by molar-refractivity contribution is 5.97. The van der Waals surface area contributed by atoms with Crippen LogP contribution in [0, 0.1) is 6.92 Å². The van der Waals surface area contributed by atoms with Gasteiger partial charge in [-0.2, -0.15) is 5.10 Å². The SMILES string of the molecule is CCn1nc(C)c(N)c1C(=O)N(C)CCc1ccccc1. The van der Waals surface area contributed by atoms with Crippen molar-refractivity contribution in [1.29, 1.82) is 0 Å². The Morgan fingerprint density at radius 3 is 2.62 bits per heavy atom. The van der Waals surface area contributed by atoms with Crippen LogP contribution >= 0.6 is 0 Å². The molecule has 2 aromatic rings. The summed E-state index contributed by atoms with van der Waals surface area (Å²) in [6, 6.07) is 10.1. The van der Waals surface area contributed by atoms with Crippen molar-refractivity contribution >= 4 is 11.6 Å². The zero-order valence-corrected chi connectivity index (χ0v) is 12.8. The molecule has 0 aliphatic rings. The van der Waals surface area contributed by atoms with Crippen LogP contribution in [0.3, 0.4) is 0 Å². The van der Waals surface area contributed by atoms with Crippen molar-refractivity contribution < 1.29 is 4.79 Å². The predicted octanol–water partition coefficient (Wildman–Crippen LogP) is 2.11. The minimum Gasteiger partial charge on any atom is -0.395 e. The summed E-state index contributed by atoms with van der Waals surface area (Å²) < 4.78 is 1.67. The van der Waals surface area contributed by atoms with E-state index in [0.29, 0.717) is 30.2 Å². The van der Waals surface area contributed by atoms with Crippen LogP contribution in [0.25, 0.3) is 0 Å². The van der Waals surface area contributed by atoms with Crippen molar-refractivity contribution in [2.75, 3.05) is 19.3 Å². The van der Waals surface area contributed by atoms with E-state index in [1.54, 1.807) is 16.6 Å². The molecule has 1 aromatic carbocycles. The number of rotatable bonds is 5. The molecule has 5 nitrogen and oxygen atoms in total. The second-order valence-corrected chi connectivity index (χ2v) is 5.13. The first-order valence-corrected chi connectivity index (χ1v) is 7.16. The number of hydrogen-bond acceptors (Lipinski definition) is 3. The van der Waals surface area contributed by atoms with Crippen molar-refractivity contribution in [2.24, 2.45) is 0 Å². The third-order valence-corrected chi connectivity index (χ3v) is 3.60. The Morgan fingerprint density at radius 1 is 1.33 bits per heavy atom. The maximum absolute atomic E-state index is 12.6. The molecule has 112 valence electrons. The number of nitrogens with two attached hydrogens (primary N) is 1. The van der Waals surface area contributed by atoms with E-state index in [9.17, 15) is 4.79 Å². The van der Waals surface area contributed by atoms with E-state index in [-0.39, 0.29) is 5.91 Å². The van der Waals surface area contributed by atoms with Gasteiger partial charge in [-0.1, -0.05) is 30.3 Å². The van der Waals surface area contributed by atoms with E-state index in [0.717, 1.165) is 6.42 Å². The van der Waals surface area contributed by atoms with Crippen LogP contribution in [0.5, 0.6) is 0 Å². The number of likely N-dealkylation sites (N-methyl/N-ethyl adjacent to an activating group) is 1. The Hall–Kier alpha value is -2.30. The number of anilines is 1. The fraction of sp³-hybridized carbons (Fsp3) is 0.375. The molecular formula is C16H22N4O. The Bertz CT molecular complexity index is 619. The first-order chi connectivity index (χ1) is 10.0. The zero-order valence-electron chi connectivity index (χ0n) is 12.8. The van der Waals surface area contributed by atoms with E-state index in [2.05, 4.69) is 17.2 Å². The maximum Gasteiger partial charge on any atom is 0.274 e. The fourth-order valence-corrected chi connectivity index (χ4v) is 2.27. The van der Waals surface area contributed by atoms with Gasteiger partial charge in [0, 0.05) is 20.1 Å². The number of aromatic nitrogens is 2. The molecule has 0 spiro atoms. The number of hydrogen-bond donors (Lipinski definition) is 1. The Balaban J connectivity index is 2.09. The number of aryl methyl sites for hydroxylation is 2. The molecule has 0 unspecified atom stereocenters. The lowest BCUT2D eigenvalue weighted by molar-refractivity contribution is 0.0785. The summed E-state index contributed by atoms with van der Waals surface area (Å²) in [5.74, 6) is -0.0779. The molecule has 0 saturated heterocycles. The number of nitrogen functional groups attached to an aromatic ring is 1. The van der Waals surface area contributed by atoms with E-state index in [1.807, 2.05) is 32.0 Å². The van der Waals surface area contributed by atoms with Gasteiger partial charge in [0.05, 0.1) is 11.4 Å². The summed E-state index contributed by atoms with van der Waals surface area (Å²) in [6.07, 6.45) is 0.822. The number of benzene rings is 1. The van der Waals surface area contributed by atoms with E-state index in [4.69, 9.17) is 5.73 Å². The summed E-state index contributed by atoms with van der Waals surface area (Å²) in [4.78, 5) is 14.3. The lowest BCUT2D eigenvalue weighted by atomic mass is 10.1. The minimum absolute atomic E-state index is 0.0779. The zero-order chi connectivity index (χ0) is 15.4. The summed E-state index contributed by atoms with van der Waals surface area (Å²) >= 11 is 0. The van der Waals surface area contributed by atoms with Crippen molar-refractivity contribution in [1.82, 2.24) is 14.7 Å². The standard InChI is InChI=1S/C16H22N4O/c1-4-20-15(14(17)12(2)18-20)16(21)19(3)11-10-13-8-6-5-7-9-13/h5-9H,4,10-11,17H2,1-3H3. The summed E-state index contributed by atoms with van der Waals surface area (Å²) in [6.45, 7) is 5.05. The van der Waals surface area contributed by atoms with Gasteiger partial charge in [-0.15, -0.1) is 0 Å². The smallest absolute Gasteiger partial charge is 0.274 e. The molecule has 0 saturated carbocycles. The van der Waals surface area contributed by atoms with Gasteiger partial charge in [-0.3, -0.25) is 9.48 Å². The second kappa shape index (κ2) is 6.43. The third kappa shape index (κ3) is 3.24. The molecule has 21 heavy (non-hydrogen) atoms. The van der Waals surface area contributed by atoms with E-state index in [1.165, 1.54) is 5.56 Å². The molecule has 2 N–H and O–H groups in total. The quantitative estimate of drug-likeness (QED) is 0.915. The van der Waals surface area contributed by atoms with Crippen molar-refractivity contribution in [2.45, 2.75) is 26.8 Å². The highest BCUT2D eigenvalue weighted by Crippen LogP contribution is 2.18. The van der Waals surface area contributed by atoms with Gasteiger partial charge in [-0.25, -0.2) is 0 Å². The fourth-order valence-electron chi connectivity index (χ4n) is 2.27. The van der Waals surface area contributed by atoms with Gasteiger partial charge in [0.25, 0.3) is 5.91 Å². The van der Waals surface area contributed by atoms with Gasteiger partial charge in [0.15, 0.2) is 0 Å². The van der Waals surface area contributed by atoms with E-state index < -0.39 is 0 Å². The van der Waals surface area contributed by atoms with Crippen molar-refractivity contribution in [3.63, 3.8) is 0 Å². The van der Waals surface area contributed by atoms with Gasteiger partial charge in [-0.05, 0) is 25.8 Å². The number of carbonyl (C=O) groups excluding carboxylic acids is 1. The molecular weight excluding hydrogens is 264 g/mol. The van der Waals surface area contributed by atoms with Crippen LogP contribution in [-0.4, -0.2) is 34.2 Å². The Kier molecular flexibility index (Phi) is 4.62. The average molecular weight is 286 g/mol. The first-order valence-electron chi connectivity index (χ1n) is 7.16. The number of carbonyl (C=O) groups is 1. The molecule has 2 rings (SSSR count). The van der Waals surface area contributed by atoms with Gasteiger partial charge in [0.1, 0.15) is 5.69 Å². The molecule has 0 aliphatic heterocycles. The van der Waals surface area contributed by atoms with Crippen LogP contribution in [0.4, 0.5) is 5.69 Å². The van der Waals surface area contributed by atoms with E-state index >= 15 is 0 Å². The van der Waals surface area contributed by atoms with Gasteiger partial charge in [0.2, 0.25) is 0 Å². The van der Waals surface area contributed by atoms with Crippen molar-refractivity contribution in [3.8, 4) is 0 Å². The molecule has 0 atom stereocenters. The first kappa shape index (κ1) is 15.1. The monoisotopic (exact) mass is 286 g/mol. The summed E-state index contributed by atoms with van der Waals surface area (Å²) in [5, 5.41) is 4.29. The second-order valence-electron chi connectivity index (χ2n) is 5.13. The Labute approximate surface area is 125 Å². The van der Waals surface area contributed by atoms with Crippen LogP contribution in [0.2, 0.25) is 0 Å². The Morgan fingerprint density at radius 2 is 2.00 bits per heavy atom. The predicted molar refractivity (Wildman–Crippen MR) is 84.2 cm³/mol. The topological polar surface area (TPSA) is 64.2 Å². The lowest BCUT2D eigenvalue weighted by Crippen LogP contribution is -2.31. The molecule has 5 heteroatoms. The largest absolute Gasteiger partial charge is 0.395 e. The molecule has 1 aromatic heterocycles. The van der Waals surface area contributed by atoms with Crippen LogP contribution in [0.1, 0.15) is 28.7 Å². The molecule has 0 radical (unpaired) electrons. The molecule has 1 heterocycles. The lowest BCUT2D eigenvalue weighted by Gasteiger charge is -2.18. The van der Waals surface area contributed by atoms with Crippen molar-refractivity contribution in [3.05, 3.63) is 47.3 Å². The van der Waals surface area contributed by atoms with Crippen LogP contribution < -0.4 is 5.73 Å². The molecule has 0 aliphatic carbocycles. The number of nitrogens with zero attached hydrogens (tertiary/aromatic N) is 3. The normalized spacial score (nSPS) is 10.6. The minimum atomic E-state index is -0.0779. The average Bonchev–Trinajstić information content (AvgIpc) is 2.80.